The summed E-state index contributed by atoms with van der Waals surface area (Å²) in [5, 5.41) is 15.4. The molecule has 0 saturated heterocycles. The average Bonchev–Trinajstić information content (AvgIpc) is 4.07. The van der Waals surface area contributed by atoms with Crippen molar-refractivity contribution in [2.24, 2.45) is 0 Å². The lowest BCUT2D eigenvalue weighted by Crippen LogP contribution is -2.54. The highest BCUT2D eigenvalue weighted by Crippen LogP contribution is 2.44. The van der Waals surface area contributed by atoms with Gasteiger partial charge in [0.2, 0.25) is 0 Å². The second-order valence-electron chi connectivity index (χ2n) is 19.1. The predicted octanol–water partition coefficient (Wildman–Crippen LogP) is 16.5. The van der Waals surface area contributed by atoms with Gasteiger partial charge in [-0.2, -0.15) is 0 Å². The van der Waals surface area contributed by atoms with E-state index in [1.54, 1.807) is 31.7 Å². The molecule has 0 aliphatic carbocycles. The lowest BCUT2D eigenvalue weighted by atomic mass is 10.1. The lowest BCUT2D eigenvalue weighted by molar-refractivity contribution is 0.616. The highest BCUT2D eigenvalue weighted by atomic mass is 32.1. The fourth-order valence-corrected chi connectivity index (χ4v) is 26.4. The molecule has 7 rings (SSSR count). The number of benzene rings is 2. The maximum atomic E-state index is 2.86. The summed E-state index contributed by atoms with van der Waals surface area (Å²) in [6.45, 7) is 12.8. The summed E-state index contributed by atoms with van der Waals surface area (Å²) in [6.07, 6.45) is 33.6. The van der Waals surface area contributed by atoms with E-state index in [9.17, 15) is 0 Å². The van der Waals surface area contributed by atoms with E-state index in [1.165, 1.54) is 189 Å². The quantitative estimate of drug-likeness (QED) is 0.0333. The number of nitrogens with zero attached hydrogens (tertiary/aromatic N) is 1. The number of fused-ring (bicyclic) bond motifs is 9. The van der Waals surface area contributed by atoms with Gasteiger partial charge >= 0.3 is 0 Å². The summed E-state index contributed by atoms with van der Waals surface area (Å²) in [5.41, 5.74) is 6.26. The molecule has 2 aliphatic heterocycles. The molecular formula is C54H81NS2Si2. The van der Waals surface area contributed by atoms with Crippen LogP contribution in [0.25, 0.3) is 42.7 Å². The van der Waals surface area contributed by atoms with E-state index in [0.29, 0.717) is 0 Å². The van der Waals surface area contributed by atoms with Crippen molar-refractivity contribution in [3.05, 3.63) is 47.2 Å². The Morgan fingerprint density at radius 2 is 0.712 bits per heavy atom. The molecule has 0 saturated carbocycles. The third-order valence-electron chi connectivity index (χ3n) is 15.2. The zero-order valence-electron chi connectivity index (χ0n) is 38.4. The largest absolute Gasteiger partial charge is 0.341 e. The fraction of sp³-hybridized carbons (Fsp3) is 0.630. The van der Waals surface area contributed by atoms with Crippen LogP contribution < -0.4 is 20.7 Å². The molecule has 1 nitrogen and oxygen atoms in total. The van der Waals surface area contributed by atoms with Crippen molar-refractivity contribution < 1.29 is 0 Å². The molecule has 0 amide bonds. The van der Waals surface area contributed by atoms with Gasteiger partial charge in [-0.3, -0.25) is 0 Å². The minimum absolute atomic E-state index is 1.03. The molecule has 59 heavy (non-hydrogen) atoms. The van der Waals surface area contributed by atoms with Crippen LogP contribution in [0.2, 0.25) is 24.2 Å². The molecular weight excluding hydrogens is 783 g/mol. The Balaban J connectivity index is 1.31. The number of hydrogen-bond acceptors (Lipinski definition) is 2. The van der Waals surface area contributed by atoms with Gasteiger partial charge < -0.3 is 4.57 Å². The van der Waals surface area contributed by atoms with E-state index >= 15 is 0 Å². The number of aromatic nitrogens is 1. The lowest BCUT2D eigenvalue weighted by Gasteiger charge is -2.30. The zero-order chi connectivity index (χ0) is 41.1. The summed E-state index contributed by atoms with van der Waals surface area (Å²) in [7, 11) is -3.81. The zero-order valence-corrected chi connectivity index (χ0v) is 42.0. The first-order chi connectivity index (χ1) is 29.1. The van der Waals surface area contributed by atoms with Gasteiger partial charge in [0.1, 0.15) is 16.1 Å². The molecule has 0 spiro atoms. The second-order valence-corrected chi connectivity index (χ2v) is 29.5. The highest BCUT2D eigenvalue weighted by Gasteiger charge is 2.47. The van der Waals surface area contributed by atoms with E-state index in [2.05, 4.69) is 109 Å². The molecule has 2 aromatic carbocycles. The number of aryl methyl sites for hydroxylation is 1. The fourth-order valence-electron chi connectivity index (χ4n) is 11.9. The van der Waals surface area contributed by atoms with E-state index in [-0.39, 0.29) is 0 Å². The van der Waals surface area contributed by atoms with Crippen LogP contribution in [0.5, 0.6) is 0 Å². The van der Waals surface area contributed by atoms with Crippen LogP contribution in [0.3, 0.4) is 0 Å². The van der Waals surface area contributed by atoms with Gasteiger partial charge in [-0.15, -0.1) is 22.7 Å². The Labute approximate surface area is 371 Å². The topological polar surface area (TPSA) is 4.93 Å². The van der Waals surface area contributed by atoms with Crippen molar-refractivity contribution in [2.45, 2.75) is 219 Å². The van der Waals surface area contributed by atoms with Crippen LogP contribution in [0.15, 0.2) is 47.2 Å². The molecule has 0 radical (unpaired) electrons. The minimum atomic E-state index is -1.91. The first kappa shape index (κ1) is 45.1. The first-order valence-corrected chi connectivity index (χ1v) is 32.0. The molecule has 322 valence electrons. The number of rotatable bonds is 29. The van der Waals surface area contributed by atoms with Crippen molar-refractivity contribution in [3.63, 3.8) is 0 Å². The van der Waals surface area contributed by atoms with E-state index in [1.807, 2.05) is 20.7 Å². The molecule has 0 N–H and O–H groups in total. The van der Waals surface area contributed by atoms with Gasteiger partial charge in [0.05, 0.1) is 0 Å². The molecule has 2 aliphatic rings. The molecule has 0 atom stereocenters. The van der Waals surface area contributed by atoms with Crippen molar-refractivity contribution in [1.82, 2.24) is 4.57 Å². The monoisotopic (exact) mass is 864 g/mol. The third kappa shape index (κ3) is 9.40. The van der Waals surface area contributed by atoms with Crippen molar-refractivity contribution in [1.29, 1.82) is 0 Å². The molecule has 0 bridgehead atoms. The minimum Gasteiger partial charge on any atom is -0.341 e. The Morgan fingerprint density at radius 1 is 0.390 bits per heavy atom. The van der Waals surface area contributed by atoms with Gasteiger partial charge in [-0.1, -0.05) is 206 Å². The highest BCUT2D eigenvalue weighted by molar-refractivity contribution is 7.21. The number of hydrogen-bond donors (Lipinski definition) is 0. The van der Waals surface area contributed by atoms with Gasteiger partial charge in [0, 0.05) is 38.1 Å². The average molecular weight is 865 g/mol. The molecule has 5 aromatic rings. The normalized spacial score (nSPS) is 14.7. The summed E-state index contributed by atoms with van der Waals surface area (Å²) >= 11 is 4.11. The summed E-state index contributed by atoms with van der Waals surface area (Å²) in [4.78, 5) is 3.29. The molecule has 0 unspecified atom stereocenters. The van der Waals surface area contributed by atoms with E-state index in [0.717, 1.165) is 6.54 Å². The molecule has 5 heteroatoms. The maximum absolute atomic E-state index is 2.86. The Kier molecular flexibility index (Phi) is 16.8. The maximum Gasteiger partial charge on any atom is 0.120 e. The van der Waals surface area contributed by atoms with Crippen molar-refractivity contribution in [3.8, 4) is 20.9 Å². The summed E-state index contributed by atoms with van der Waals surface area (Å²) in [5.74, 6) is 0. The summed E-state index contributed by atoms with van der Waals surface area (Å²) in [6, 6.07) is 22.2. The Morgan fingerprint density at radius 3 is 1.03 bits per heavy atom. The Bertz CT molecular complexity index is 1890. The van der Waals surface area contributed by atoms with Crippen LogP contribution in [-0.4, -0.2) is 20.7 Å². The van der Waals surface area contributed by atoms with Gasteiger partial charge in [-0.05, 0) is 85.9 Å². The second kappa shape index (κ2) is 21.9. The number of thiophene rings is 2. The smallest absolute Gasteiger partial charge is 0.120 e. The van der Waals surface area contributed by atoms with Crippen molar-refractivity contribution >= 4 is 81.4 Å². The Hall–Kier alpha value is -1.93. The van der Waals surface area contributed by atoms with Crippen molar-refractivity contribution in [2.75, 3.05) is 0 Å². The van der Waals surface area contributed by atoms with Gasteiger partial charge in [-0.25, -0.2) is 0 Å². The third-order valence-corrected chi connectivity index (χ3v) is 28.0. The standard InChI is InChI=1S/C54H81NS2Si2/c1-6-11-15-19-23-27-35-58(36-28-24-20-16-12-7-2)49-31-33-56-53(49)45-39-47-43(41-51(45)58)44-42-52-46(40-48(44)55(47)10-5)54-50(32-34-57-54)59(52,37-29-25-21-17-13-8-3)38-30-26-22-18-14-9-4/h31-34,39-42H,6-30,35-38H2,1-5H3. The molecule has 3 aromatic heterocycles. The van der Waals surface area contributed by atoms with Crippen LogP contribution in [0, 0.1) is 0 Å². The van der Waals surface area contributed by atoms with Crippen LogP contribution in [0.1, 0.15) is 189 Å². The van der Waals surface area contributed by atoms with Crippen LogP contribution >= 0.6 is 22.7 Å². The molecule has 5 heterocycles. The first-order valence-electron chi connectivity index (χ1n) is 25.4. The van der Waals surface area contributed by atoms with Crippen LogP contribution in [-0.2, 0) is 6.54 Å². The van der Waals surface area contributed by atoms with E-state index in [4.69, 9.17) is 0 Å². The SMILES string of the molecule is CCCCCCCC[Si]1(CCCCCCCC)c2cc3c4cc5c(cc4n(CC)c3cc2-c2sccc21)-c1sccc1[Si]5(CCCCCCCC)CCCCCCCC. The molecule has 0 fully saturated rings. The predicted molar refractivity (Wildman–Crippen MR) is 275 cm³/mol. The summed E-state index contributed by atoms with van der Waals surface area (Å²) < 4.78 is 2.72. The number of unbranched alkanes of at least 4 members (excludes halogenated alkanes) is 20. The van der Waals surface area contributed by atoms with Gasteiger partial charge in [0.25, 0.3) is 0 Å². The van der Waals surface area contributed by atoms with Crippen LogP contribution in [0.4, 0.5) is 0 Å². The van der Waals surface area contributed by atoms with Gasteiger partial charge in [0.15, 0.2) is 0 Å². The van der Waals surface area contributed by atoms with E-state index < -0.39 is 16.1 Å².